The largest absolute Gasteiger partial charge is 0.462 e. The summed E-state index contributed by atoms with van der Waals surface area (Å²) in [7, 11) is 0. The fourth-order valence-corrected chi connectivity index (χ4v) is 5.70. The smallest absolute Gasteiger partial charge is 0.309 e. The summed E-state index contributed by atoms with van der Waals surface area (Å²) >= 11 is 0. The summed E-state index contributed by atoms with van der Waals surface area (Å²) in [5, 5.41) is 3.18. The normalized spacial score (nSPS) is 41.7. The molecule has 3 fully saturated rings. The number of carbonyl (C=O) groups excluding carboxylic acids is 2. The highest BCUT2D eigenvalue weighted by Gasteiger charge is 2.58. The molecule has 0 spiro atoms. The van der Waals surface area contributed by atoms with E-state index in [0.717, 1.165) is 25.7 Å². The highest BCUT2D eigenvalue weighted by molar-refractivity contribution is 5.93. The molecule has 1 aromatic rings. The van der Waals surface area contributed by atoms with Crippen LogP contribution in [0.5, 0.6) is 0 Å². The Morgan fingerprint density at radius 2 is 1.92 bits per heavy atom. The number of nitrogens with one attached hydrogen (secondary N) is 1. The second-order valence-corrected chi connectivity index (χ2v) is 8.68. The molecule has 6 nitrogen and oxygen atoms in total. The van der Waals surface area contributed by atoms with Gasteiger partial charge in [-0.25, -0.2) is 9.97 Å². The van der Waals surface area contributed by atoms with Crippen molar-refractivity contribution in [2.75, 3.05) is 0 Å². The van der Waals surface area contributed by atoms with Crippen molar-refractivity contribution in [2.24, 2.45) is 29.1 Å². The fraction of sp³-hybridized carbons (Fsp3) is 0.700. The maximum atomic E-state index is 12.6. The summed E-state index contributed by atoms with van der Waals surface area (Å²) in [5.74, 6) is 0.682. The summed E-state index contributed by atoms with van der Waals surface area (Å²) < 4.78 is 5.85. The maximum Gasteiger partial charge on any atom is 0.309 e. The topological polar surface area (TPSA) is 81.2 Å². The molecule has 7 atom stereocenters. The Balaban J connectivity index is 1.54. The molecule has 4 rings (SSSR count). The molecule has 3 aliphatic rings. The monoisotopic (exact) mass is 357 g/mol. The van der Waals surface area contributed by atoms with E-state index in [-0.39, 0.29) is 41.3 Å². The Hall–Kier alpha value is -1.98. The summed E-state index contributed by atoms with van der Waals surface area (Å²) in [6.07, 6.45) is 8.69. The van der Waals surface area contributed by atoms with E-state index in [1.165, 1.54) is 18.7 Å². The number of aromatic nitrogens is 2. The number of hydrogen-bond acceptors (Lipinski definition) is 5. The predicted molar refractivity (Wildman–Crippen MR) is 95.0 cm³/mol. The van der Waals surface area contributed by atoms with Gasteiger partial charge in [-0.1, -0.05) is 20.8 Å². The molecular weight excluding hydrogens is 330 g/mol. The molecule has 2 aliphatic carbocycles. The Morgan fingerprint density at radius 1 is 1.23 bits per heavy atom. The van der Waals surface area contributed by atoms with Crippen LogP contribution in [0.4, 0.5) is 0 Å². The molecule has 1 amide bonds. The van der Waals surface area contributed by atoms with E-state index < -0.39 is 0 Å². The number of esters is 1. The molecule has 0 radical (unpaired) electrons. The number of nitrogens with zero attached hydrogens (tertiary/aromatic N) is 2. The van der Waals surface area contributed by atoms with Crippen LogP contribution in [0.25, 0.3) is 0 Å². The molecule has 2 saturated carbocycles. The van der Waals surface area contributed by atoms with Crippen molar-refractivity contribution < 1.29 is 14.3 Å². The molecular formula is C20H27N3O3. The van der Waals surface area contributed by atoms with E-state index in [9.17, 15) is 9.59 Å². The van der Waals surface area contributed by atoms with Crippen LogP contribution in [-0.4, -0.2) is 34.0 Å². The van der Waals surface area contributed by atoms with Gasteiger partial charge in [0, 0.05) is 30.3 Å². The molecule has 0 bridgehead atoms. The third-order valence-electron chi connectivity index (χ3n) is 7.26. The molecule has 26 heavy (non-hydrogen) atoms. The maximum absolute atomic E-state index is 12.6. The summed E-state index contributed by atoms with van der Waals surface area (Å²) in [5.41, 5.74) is 0.664. The van der Waals surface area contributed by atoms with Crippen LogP contribution in [0.2, 0.25) is 0 Å². The molecule has 140 valence electrons. The van der Waals surface area contributed by atoms with Gasteiger partial charge >= 0.3 is 5.97 Å². The van der Waals surface area contributed by atoms with Crippen LogP contribution in [-0.2, 0) is 9.53 Å². The van der Waals surface area contributed by atoms with Gasteiger partial charge in [-0.3, -0.25) is 9.59 Å². The van der Waals surface area contributed by atoms with Crippen molar-refractivity contribution in [3.05, 3.63) is 24.3 Å². The van der Waals surface area contributed by atoms with E-state index in [1.807, 2.05) is 6.92 Å². The van der Waals surface area contributed by atoms with Gasteiger partial charge < -0.3 is 10.1 Å². The van der Waals surface area contributed by atoms with Crippen molar-refractivity contribution in [1.29, 1.82) is 0 Å². The third kappa shape index (κ3) is 2.70. The Morgan fingerprint density at radius 3 is 2.65 bits per heavy atom. The molecule has 0 unspecified atom stereocenters. The van der Waals surface area contributed by atoms with E-state index in [4.69, 9.17) is 4.74 Å². The third-order valence-corrected chi connectivity index (χ3v) is 7.26. The quantitative estimate of drug-likeness (QED) is 0.823. The zero-order chi connectivity index (χ0) is 18.5. The average Bonchev–Trinajstić information content (AvgIpc) is 2.92. The van der Waals surface area contributed by atoms with Gasteiger partial charge in [-0.2, -0.15) is 0 Å². The van der Waals surface area contributed by atoms with Gasteiger partial charge in [-0.15, -0.1) is 0 Å². The molecule has 0 aromatic carbocycles. The van der Waals surface area contributed by atoms with Crippen molar-refractivity contribution >= 4 is 11.9 Å². The Bertz CT molecular complexity index is 710. The number of carbonyl (C=O) groups is 2. The van der Waals surface area contributed by atoms with Crippen LogP contribution >= 0.6 is 0 Å². The second kappa shape index (κ2) is 6.32. The van der Waals surface area contributed by atoms with Crippen LogP contribution in [0.1, 0.15) is 56.8 Å². The highest BCUT2D eigenvalue weighted by atomic mass is 16.6. The summed E-state index contributed by atoms with van der Waals surface area (Å²) in [4.78, 5) is 32.6. The lowest BCUT2D eigenvalue weighted by atomic mass is 9.52. The first kappa shape index (κ1) is 17.4. The summed E-state index contributed by atoms with van der Waals surface area (Å²) in [6.45, 7) is 6.54. The molecule has 6 heteroatoms. The van der Waals surface area contributed by atoms with E-state index in [2.05, 4.69) is 29.1 Å². The Labute approximate surface area is 154 Å². The van der Waals surface area contributed by atoms with Crippen molar-refractivity contribution in [2.45, 2.75) is 58.6 Å². The van der Waals surface area contributed by atoms with Gasteiger partial charge in [0.25, 0.3) is 5.91 Å². The zero-order valence-electron chi connectivity index (χ0n) is 15.6. The highest BCUT2D eigenvalue weighted by Crippen LogP contribution is 2.57. The van der Waals surface area contributed by atoms with E-state index in [0.29, 0.717) is 17.4 Å². The lowest BCUT2D eigenvalue weighted by molar-refractivity contribution is -0.153. The van der Waals surface area contributed by atoms with Crippen molar-refractivity contribution in [1.82, 2.24) is 15.3 Å². The first-order valence-corrected chi connectivity index (χ1v) is 9.67. The molecule has 1 aliphatic heterocycles. The van der Waals surface area contributed by atoms with Crippen LogP contribution < -0.4 is 5.32 Å². The first-order valence-electron chi connectivity index (χ1n) is 9.67. The SMILES string of the molecule is C[C@H]1[C@@H]2[C@H]3OC(=O)[C@@H](C)[C@@H]3CC[C@@]2(C)CC[C@@H]1NC(=O)c1cncnc1. The van der Waals surface area contributed by atoms with Gasteiger partial charge in [-0.05, 0) is 37.0 Å². The number of fused-ring (bicyclic) bond motifs is 3. The minimum Gasteiger partial charge on any atom is -0.462 e. The fourth-order valence-electron chi connectivity index (χ4n) is 5.70. The predicted octanol–water partition coefficient (Wildman–Crippen LogP) is 2.60. The first-order chi connectivity index (χ1) is 12.4. The zero-order valence-corrected chi connectivity index (χ0v) is 15.6. The summed E-state index contributed by atoms with van der Waals surface area (Å²) in [6, 6.07) is 0.0779. The molecule has 1 saturated heterocycles. The number of rotatable bonds is 2. The van der Waals surface area contributed by atoms with Crippen LogP contribution in [0, 0.1) is 29.1 Å². The minimum atomic E-state index is -0.129. The molecule has 1 N–H and O–H groups in total. The van der Waals surface area contributed by atoms with Crippen LogP contribution in [0.3, 0.4) is 0 Å². The average molecular weight is 357 g/mol. The van der Waals surface area contributed by atoms with Crippen molar-refractivity contribution in [3.8, 4) is 0 Å². The van der Waals surface area contributed by atoms with E-state index >= 15 is 0 Å². The van der Waals surface area contributed by atoms with Crippen molar-refractivity contribution in [3.63, 3.8) is 0 Å². The number of amides is 1. The Kier molecular flexibility index (Phi) is 4.24. The standard InChI is InChI=1S/C20H27N3O3/c1-11-14-4-6-20(3)7-5-15(12(2)16(20)17(14)26-19(11)25)23-18(24)13-8-21-10-22-9-13/h8-12,14-17H,4-7H2,1-3H3,(H,23,24)/t11-,12+,14-,15-,16+,17-,20-/m0/s1. The van der Waals surface area contributed by atoms with Gasteiger partial charge in [0.15, 0.2) is 0 Å². The number of ether oxygens (including phenoxy) is 1. The van der Waals surface area contributed by atoms with E-state index in [1.54, 1.807) is 0 Å². The van der Waals surface area contributed by atoms with Gasteiger partial charge in [0.2, 0.25) is 0 Å². The lowest BCUT2D eigenvalue weighted by Crippen LogP contribution is -2.57. The van der Waals surface area contributed by atoms with Gasteiger partial charge in [0.1, 0.15) is 12.4 Å². The second-order valence-electron chi connectivity index (χ2n) is 8.68. The lowest BCUT2D eigenvalue weighted by Gasteiger charge is -2.54. The minimum absolute atomic E-state index is 0.00631. The molecule has 1 aromatic heterocycles. The number of hydrogen-bond donors (Lipinski definition) is 1. The van der Waals surface area contributed by atoms with Crippen LogP contribution in [0.15, 0.2) is 18.7 Å². The molecule has 2 heterocycles. The van der Waals surface area contributed by atoms with Gasteiger partial charge in [0.05, 0.1) is 11.5 Å².